The lowest BCUT2D eigenvalue weighted by molar-refractivity contribution is 0.279. The van der Waals surface area contributed by atoms with Gasteiger partial charge in [0, 0.05) is 0 Å². The van der Waals surface area contributed by atoms with Gasteiger partial charge in [-0.1, -0.05) is 17.3 Å². The minimum Gasteiger partial charge on any atom is -0.488 e. The highest BCUT2D eigenvalue weighted by molar-refractivity contribution is 5.43. The van der Waals surface area contributed by atoms with Crippen molar-refractivity contribution < 1.29 is 14.4 Å². The number of aliphatic hydroxyl groups is 1. The predicted octanol–water partition coefficient (Wildman–Crippen LogP) is 2.98. The van der Waals surface area contributed by atoms with Crippen LogP contribution < -0.4 is 4.74 Å². The van der Waals surface area contributed by atoms with Crippen LogP contribution in [0.3, 0.4) is 0 Å². The molecule has 1 heterocycles. The van der Waals surface area contributed by atoms with Crippen molar-refractivity contribution in [2.75, 3.05) is 0 Å². The van der Waals surface area contributed by atoms with Crippen LogP contribution in [0.25, 0.3) is 0 Å². The Balaban J connectivity index is 2.20. The van der Waals surface area contributed by atoms with Crippen LogP contribution in [0.5, 0.6) is 5.75 Å². The van der Waals surface area contributed by atoms with E-state index >= 15 is 0 Å². The van der Waals surface area contributed by atoms with Gasteiger partial charge in [0.05, 0.1) is 17.9 Å². The topological polar surface area (TPSA) is 55.5 Å². The normalized spacial score (nSPS) is 10.8. The van der Waals surface area contributed by atoms with E-state index in [-0.39, 0.29) is 6.61 Å². The highest BCUT2D eigenvalue weighted by atomic mass is 16.5. The zero-order chi connectivity index (χ0) is 14.0. The van der Waals surface area contributed by atoms with Crippen LogP contribution in [0.15, 0.2) is 16.7 Å². The maximum atomic E-state index is 9.17. The smallest absolute Gasteiger partial charge is 0.140 e. The molecule has 0 unspecified atom stereocenters. The summed E-state index contributed by atoms with van der Waals surface area (Å²) in [7, 11) is 0. The minimum atomic E-state index is 0.0474. The molecule has 0 saturated heterocycles. The minimum absolute atomic E-state index is 0.0474. The van der Waals surface area contributed by atoms with Crippen LogP contribution in [0.4, 0.5) is 0 Å². The molecule has 0 bridgehead atoms. The molecule has 4 nitrogen and oxygen atoms in total. The molecule has 0 aliphatic rings. The summed E-state index contributed by atoms with van der Waals surface area (Å²) in [5.41, 5.74) is 4.80. The van der Waals surface area contributed by atoms with Gasteiger partial charge in [-0.3, -0.25) is 0 Å². The van der Waals surface area contributed by atoms with Crippen molar-refractivity contribution in [3.63, 3.8) is 0 Å². The molecule has 0 atom stereocenters. The van der Waals surface area contributed by atoms with E-state index in [2.05, 4.69) is 5.16 Å². The summed E-state index contributed by atoms with van der Waals surface area (Å²) >= 11 is 0. The molecule has 0 amide bonds. The van der Waals surface area contributed by atoms with Crippen molar-refractivity contribution in [3.8, 4) is 5.75 Å². The molecule has 0 fully saturated rings. The SMILES string of the molecule is Cc1cc(CO)cc(C)c1OCc1c(C)noc1C. The fourth-order valence-electron chi connectivity index (χ4n) is 2.21. The van der Waals surface area contributed by atoms with Gasteiger partial charge in [0.1, 0.15) is 18.1 Å². The largest absolute Gasteiger partial charge is 0.488 e. The lowest BCUT2D eigenvalue weighted by Gasteiger charge is -2.13. The first-order valence-corrected chi connectivity index (χ1v) is 6.28. The number of hydrogen-bond acceptors (Lipinski definition) is 4. The molecule has 2 aromatic rings. The second-order valence-corrected chi connectivity index (χ2v) is 4.81. The standard InChI is InChI=1S/C15H19NO3/c1-9-5-13(7-17)6-10(2)15(9)18-8-14-11(3)16-19-12(14)4/h5-6,17H,7-8H2,1-4H3. The Morgan fingerprint density at radius 3 is 2.26 bits per heavy atom. The van der Waals surface area contributed by atoms with E-state index in [4.69, 9.17) is 14.4 Å². The Labute approximate surface area is 113 Å². The highest BCUT2D eigenvalue weighted by Crippen LogP contribution is 2.26. The van der Waals surface area contributed by atoms with Crippen LogP contribution in [-0.2, 0) is 13.2 Å². The van der Waals surface area contributed by atoms with Crippen molar-refractivity contribution in [1.82, 2.24) is 5.16 Å². The average Bonchev–Trinajstić information content (AvgIpc) is 2.68. The van der Waals surface area contributed by atoms with E-state index < -0.39 is 0 Å². The Hall–Kier alpha value is -1.81. The van der Waals surface area contributed by atoms with E-state index in [1.165, 1.54) is 0 Å². The Kier molecular flexibility index (Phi) is 3.90. The lowest BCUT2D eigenvalue weighted by atomic mass is 10.1. The quantitative estimate of drug-likeness (QED) is 0.919. The van der Waals surface area contributed by atoms with Gasteiger partial charge in [-0.2, -0.15) is 0 Å². The number of nitrogens with zero attached hydrogens (tertiary/aromatic N) is 1. The zero-order valence-electron chi connectivity index (χ0n) is 11.8. The molecule has 0 aliphatic carbocycles. The molecular weight excluding hydrogens is 242 g/mol. The molecule has 4 heteroatoms. The van der Waals surface area contributed by atoms with E-state index in [1.54, 1.807) is 0 Å². The van der Waals surface area contributed by atoms with Gasteiger partial charge in [-0.05, 0) is 44.4 Å². The second kappa shape index (κ2) is 5.45. The summed E-state index contributed by atoms with van der Waals surface area (Å²) in [5, 5.41) is 13.1. The van der Waals surface area contributed by atoms with Gasteiger partial charge in [0.15, 0.2) is 0 Å². The molecule has 102 valence electrons. The summed E-state index contributed by atoms with van der Waals surface area (Å²) in [6.45, 7) is 8.24. The van der Waals surface area contributed by atoms with Crippen molar-refractivity contribution in [2.24, 2.45) is 0 Å². The molecule has 2 rings (SSSR count). The first kappa shape index (κ1) is 13.6. The highest BCUT2D eigenvalue weighted by Gasteiger charge is 2.12. The molecule has 0 aliphatic heterocycles. The lowest BCUT2D eigenvalue weighted by Crippen LogP contribution is -2.01. The second-order valence-electron chi connectivity index (χ2n) is 4.81. The summed E-state index contributed by atoms with van der Waals surface area (Å²) in [5.74, 6) is 1.65. The first-order valence-electron chi connectivity index (χ1n) is 6.28. The maximum absolute atomic E-state index is 9.17. The zero-order valence-corrected chi connectivity index (χ0v) is 11.8. The molecule has 0 radical (unpaired) electrons. The third-order valence-corrected chi connectivity index (χ3v) is 3.24. The van der Waals surface area contributed by atoms with Crippen molar-refractivity contribution in [2.45, 2.75) is 40.9 Å². The summed E-state index contributed by atoms with van der Waals surface area (Å²) < 4.78 is 11.0. The molecule has 19 heavy (non-hydrogen) atoms. The predicted molar refractivity (Wildman–Crippen MR) is 72.1 cm³/mol. The van der Waals surface area contributed by atoms with E-state index in [0.717, 1.165) is 39.5 Å². The first-order chi connectivity index (χ1) is 9.02. The third kappa shape index (κ3) is 2.79. The number of hydrogen-bond donors (Lipinski definition) is 1. The van der Waals surface area contributed by atoms with Crippen molar-refractivity contribution in [3.05, 3.63) is 45.8 Å². The van der Waals surface area contributed by atoms with Gasteiger partial charge in [-0.15, -0.1) is 0 Å². The number of rotatable bonds is 4. The van der Waals surface area contributed by atoms with E-state index in [0.29, 0.717) is 6.61 Å². The fourth-order valence-corrected chi connectivity index (χ4v) is 2.21. The summed E-state index contributed by atoms with van der Waals surface area (Å²) in [6.07, 6.45) is 0. The molecule has 1 aromatic heterocycles. The molecular formula is C15H19NO3. The fraction of sp³-hybridized carbons (Fsp3) is 0.400. The Bertz CT molecular complexity index is 545. The molecule has 1 N–H and O–H groups in total. The number of benzene rings is 1. The van der Waals surface area contributed by atoms with Crippen LogP contribution >= 0.6 is 0 Å². The number of aryl methyl sites for hydroxylation is 4. The van der Waals surface area contributed by atoms with Gasteiger partial charge in [0.2, 0.25) is 0 Å². The van der Waals surface area contributed by atoms with Gasteiger partial charge >= 0.3 is 0 Å². The monoisotopic (exact) mass is 261 g/mol. The van der Waals surface area contributed by atoms with Crippen LogP contribution in [0.1, 0.15) is 33.7 Å². The summed E-state index contributed by atoms with van der Waals surface area (Å²) in [6, 6.07) is 3.88. The van der Waals surface area contributed by atoms with Crippen LogP contribution in [0.2, 0.25) is 0 Å². The molecule has 0 spiro atoms. The Morgan fingerprint density at radius 2 is 1.79 bits per heavy atom. The van der Waals surface area contributed by atoms with E-state index in [1.807, 2.05) is 39.8 Å². The molecule has 0 saturated carbocycles. The van der Waals surface area contributed by atoms with Crippen molar-refractivity contribution in [1.29, 1.82) is 0 Å². The Morgan fingerprint density at radius 1 is 1.16 bits per heavy atom. The average molecular weight is 261 g/mol. The van der Waals surface area contributed by atoms with Gasteiger partial charge in [0.25, 0.3) is 0 Å². The maximum Gasteiger partial charge on any atom is 0.140 e. The summed E-state index contributed by atoms with van der Waals surface area (Å²) in [4.78, 5) is 0. The van der Waals surface area contributed by atoms with Crippen molar-refractivity contribution >= 4 is 0 Å². The van der Waals surface area contributed by atoms with Gasteiger partial charge < -0.3 is 14.4 Å². The number of aromatic nitrogens is 1. The van der Waals surface area contributed by atoms with Gasteiger partial charge in [-0.25, -0.2) is 0 Å². The van der Waals surface area contributed by atoms with Crippen LogP contribution in [-0.4, -0.2) is 10.3 Å². The van der Waals surface area contributed by atoms with Crippen LogP contribution in [0, 0.1) is 27.7 Å². The number of aliphatic hydroxyl groups excluding tert-OH is 1. The van der Waals surface area contributed by atoms with E-state index in [9.17, 15) is 0 Å². The molecule has 1 aromatic carbocycles. The number of ether oxygens (including phenoxy) is 1. The third-order valence-electron chi connectivity index (χ3n) is 3.24.